The minimum Gasteiger partial charge on any atom is -0.368 e. The maximum Gasteiger partial charge on any atom is 0.240 e. The molecule has 0 aliphatic carbocycles. The molecule has 4 nitrogen and oxygen atoms in total. The zero-order valence-corrected chi connectivity index (χ0v) is 13.8. The molecule has 3 N–H and O–H groups in total. The van der Waals surface area contributed by atoms with Crippen molar-refractivity contribution in [1.82, 2.24) is 5.32 Å². The summed E-state index contributed by atoms with van der Waals surface area (Å²) in [4.78, 5) is 24.3. The molecule has 0 aromatic heterocycles. The van der Waals surface area contributed by atoms with Crippen molar-refractivity contribution in [3.63, 3.8) is 0 Å². The number of hydrogen-bond acceptors (Lipinski definition) is 3. The van der Waals surface area contributed by atoms with E-state index in [-0.39, 0.29) is 11.8 Å². The summed E-state index contributed by atoms with van der Waals surface area (Å²) in [6.45, 7) is 3.86. The van der Waals surface area contributed by atoms with Gasteiger partial charge in [-0.3, -0.25) is 9.59 Å². The maximum absolute atomic E-state index is 11.9. The van der Waals surface area contributed by atoms with Crippen LogP contribution in [0.25, 0.3) is 0 Å². The summed E-state index contributed by atoms with van der Waals surface area (Å²) in [6.07, 6.45) is 1.13. The van der Waals surface area contributed by atoms with E-state index in [2.05, 4.69) is 5.32 Å². The average Bonchev–Trinajstić information content (AvgIpc) is 2.45. The second-order valence-corrected chi connectivity index (χ2v) is 6.49. The first-order valence-electron chi connectivity index (χ1n) is 6.91. The number of benzene rings is 1. The summed E-state index contributed by atoms with van der Waals surface area (Å²) < 4.78 is 0. The van der Waals surface area contributed by atoms with Crippen molar-refractivity contribution < 1.29 is 9.59 Å². The largest absolute Gasteiger partial charge is 0.368 e. The standard InChI is InChI=1S/C15H21ClN2O2S/c1-3-10(2)14(15(17)20)18-13(19)8-9-21-12-6-4-11(16)5-7-12/h4-7,10,14H,3,8-9H2,1-2H3,(H2,17,20)(H,18,19). The first-order valence-corrected chi connectivity index (χ1v) is 8.27. The van der Waals surface area contributed by atoms with Crippen LogP contribution in [-0.2, 0) is 9.59 Å². The molecule has 21 heavy (non-hydrogen) atoms. The van der Waals surface area contributed by atoms with Crippen molar-refractivity contribution >= 4 is 35.2 Å². The highest BCUT2D eigenvalue weighted by molar-refractivity contribution is 7.99. The Morgan fingerprint density at radius 1 is 1.33 bits per heavy atom. The Morgan fingerprint density at radius 2 is 1.95 bits per heavy atom. The second-order valence-electron chi connectivity index (χ2n) is 4.89. The van der Waals surface area contributed by atoms with Crippen LogP contribution >= 0.6 is 23.4 Å². The van der Waals surface area contributed by atoms with E-state index in [0.717, 1.165) is 11.3 Å². The zero-order chi connectivity index (χ0) is 15.8. The van der Waals surface area contributed by atoms with Crippen LogP contribution < -0.4 is 11.1 Å². The molecular weight excluding hydrogens is 308 g/mol. The highest BCUT2D eigenvalue weighted by Crippen LogP contribution is 2.20. The number of carbonyl (C=O) groups is 2. The molecule has 2 atom stereocenters. The van der Waals surface area contributed by atoms with Gasteiger partial charge < -0.3 is 11.1 Å². The van der Waals surface area contributed by atoms with Gasteiger partial charge in [-0.25, -0.2) is 0 Å². The SMILES string of the molecule is CCC(C)C(NC(=O)CCSc1ccc(Cl)cc1)C(N)=O. The highest BCUT2D eigenvalue weighted by atomic mass is 35.5. The number of hydrogen-bond donors (Lipinski definition) is 2. The fourth-order valence-electron chi connectivity index (χ4n) is 1.77. The van der Waals surface area contributed by atoms with E-state index in [9.17, 15) is 9.59 Å². The molecule has 0 radical (unpaired) electrons. The fourth-order valence-corrected chi connectivity index (χ4v) is 2.75. The molecule has 0 aliphatic heterocycles. The average molecular weight is 329 g/mol. The number of carbonyl (C=O) groups excluding carboxylic acids is 2. The van der Waals surface area contributed by atoms with E-state index in [4.69, 9.17) is 17.3 Å². The first-order chi connectivity index (χ1) is 9.93. The maximum atomic E-state index is 11.9. The van der Waals surface area contributed by atoms with Crippen LogP contribution in [0.15, 0.2) is 29.2 Å². The van der Waals surface area contributed by atoms with Gasteiger partial charge >= 0.3 is 0 Å². The summed E-state index contributed by atoms with van der Waals surface area (Å²) in [7, 11) is 0. The first kappa shape index (κ1) is 17.9. The van der Waals surface area contributed by atoms with E-state index >= 15 is 0 Å². The van der Waals surface area contributed by atoms with Crippen LogP contribution in [0.5, 0.6) is 0 Å². The molecule has 2 unspecified atom stereocenters. The Morgan fingerprint density at radius 3 is 2.48 bits per heavy atom. The van der Waals surface area contributed by atoms with Crippen LogP contribution in [-0.4, -0.2) is 23.6 Å². The summed E-state index contributed by atoms with van der Waals surface area (Å²) >= 11 is 7.38. The van der Waals surface area contributed by atoms with Crippen LogP contribution in [0.1, 0.15) is 26.7 Å². The van der Waals surface area contributed by atoms with E-state index in [1.807, 2.05) is 38.1 Å². The fraction of sp³-hybridized carbons (Fsp3) is 0.467. The van der Waals surface area contributed by atoms with Crippen molar-refractivity contribution in [3.8, 4) is 0 Å². The lowest BCUT2D eigenvalue weighted by molar-refractivity contribution is -0.128. The highest BCUT2D eigenvalue weighted by Gasteiger charge is 2.23. The Balaban J connectivity index is 2.39. The van der Waals surface area contributed by atoms with E-state index in [1.165, 1.54) is 0 Å². The molecular formula is C15H21ClN2O2S. The number of amides is 2. The predicted octanol–water partition coefficient (Wildman–Crippen LogP) is 2.84. The number of rotatable bonds is 8. The molecule has 1 rings (SSSR count). The smallest absolute Gasteiger partial charge is 0.240 e. The van der Waals surface area contributed by atoms with Gasteiger partial charge in [0.25, 0.3) is 0 Å². The summed E-state index contributed by atoms with van der Waals surface area (Å²) in [5.41, 5.74) is 5.32. The third kappa shape index (κ3) is 6.40. The molecule has 116 valence electrons. The van der Waals surface area contributed by atoms with E-state index < -0.39 is 11.9 Å². The lowest BCUT2D eigenvalue weighted by Crippen LogP contribution is -2.48. The number of halogens is 1. The van der Waals surface area contributed by atoms with Crippen molar-refractivity contribution in [1.29, 1.82) is 0 Å². The minimum atomic E-state index is -0.594. The van der Waals surface area contributed by atoms with Crippen molar-refractivity contribution in [3.05, 3.63) is 29.3 Å². The van der Waals surface area contributed by atoms with Crippen LogP contribution in [0.3, 0.4) is 0 Å². The lowest BCUT2D eigenvalue weighted by Gasteiger charge is -2.21. The normalized spacial score (nSPS) is 13.5. The molecule has 6 heteroatoms. The molecule has 0 aliphatic rings. The molecule has 1 aromatic rings. The number of nitrogens with one attached hydrogen (secondary N) is 1. The van der Waals surface area contributed by atoms with Gasteiger partial charge in [0.1, 0.15) is 6.04 Å². The predicted molar refractivity (Wildman–Crippen MR) is 87.4 cm³/mol. The number of thioether (sulfide) groups is 1. The van der Waals surface area contributed by atoms with E-state index in [1.54, 1.807) is 11.8 Å². The Bertz CT molecular complexity index is 479. The molecule has 0 saturated carbocycles. The third-order valence-corrected chi connectivity index (χ3v) is 4.51. The van der Waals surface area contributed by atoms with Gasteiger partial charge in [0.15, 0.2) is 0 Å². The monoisotopic (exact) mass is 328 g/mol. The van der Waals surface area contributed by atoms with E-state index in [0.29, 0.717) is 17.2 Å². The topological polar surface area (TPSA) is 72.2 Å². The molecule has 0 heterocycles. The Hall–Kier alpha value is -1.20. The quantitative estimate of drug-likeness (QED) is 0.721. The summed E-state index contributed by atoms with van der Waals surface area (Å²) in [5.74, 6) is 0.0402. The van der Waals surface area contributed by atoms with Crippen molar-refractivity contribution in [2.75, 3.05) is 5.75 Å². The molecule has 1 aromatic carbocycles. The van der Waals surface area contributed by atoms with Crippen molar-refractivity contribution in [2.24, 2.45) is 11.7 Å². The zero-order valence-electron chi connectivity index (χ0n) is 12.3. The van der Waals surface area contributed by atoms with Crippen LogP contribution in [0, 0.1) is 5.92 Å². The number of primary amides is 1. The van der Waals surface area contributed by atoms with Gasteiger partial charge in [-0.1, -0.05) is 31.9 Å². The van der Waals surface area contributed by atoms with Gasteiger partial charge in [0.2, 0.25) is 11.8 Å². The molecule has 0 saturated heterocycles. The van der Waals surface area contributed by atoms with Crippen molar-refractivity contribution in [2.45, 2.75) is 37.6 Å². The molecule has 0 fully saturated rings. The summed E-state index contributed by atoms with van der Waals surface area (Å²) in [6, 6.07) is 6.86. The minimum absolute atomic E-state index is 0.0374. The molecule has 0 bridgehead atoms. The molecule has 0 spiro atoms. The lowest BCUT2D eigenvalue weighted by atomic mass is 9.98. The van der Waals surface area contributed by atoms with Gasteiger partial charge in [0, 0.05) is 22.1 Å². The van der Waals surface area contributed by atoms with Crippen LogP contribution in [0.2, 0.25) is 5.02 Å². The Kier molecular flexibility index (Phi) is 7.61. The second kappa shape index (κ2) is 8.95. The number of nitrogens with two attached hydrogens (primary N) is 1. The van der Waals surface area contributed by atoms with Gasteiger partial charge in [0.05, 0.1) is 0 Å². The van der Waals surface area contributed by atoms with Crippen LogP contribution in [0.4, 0.5) is 0 Å². The van der Waals surface area contributed by atoms with Gasteiger partial charge in [-0.2, -0.15) is 0 Å². The summed E-state index contributed by atoms with van der Waals surface area (Å²) in [5, 5.41) is 3.40. The van der Waals surface area contributed by atoms with Gasteiger partial charge in [-0.15, -0.1) is 11.8 Å². The molecule has 2 amide bonds. The third-order valence-electron chi connectivity index (χ3n) is 3.25. The Labute approximate surface area is 134 Å². The van der Waals surface area contributed by atoms with Gasteiger partial charge in [-0.05, 0) is 30.2 Å².